The van der Waals surface area contributed by atoms with Gasteiger partial charge in [-0.05, 0) is 55.2 Å². The highest BCUT2D eigenvalue weighted by atomic mass is 19.1. The van der Waals surface area contributed by atoms with E-state index < -0.39 is 0 Å². The number of hydrogen-bond acceptors (Lipinski definition) is 3. The minimum Gasteiger partial charge on any atom is -0.493 e. The number of fused-ring (bicyclic) bond motifs is 1. The number of halogens is 1. The molecule has 0 radical (unpaired) electrons. The maximum Gasteiger partial charge on any atom is 0.227 e. The van der Waals surface area contributed by atoms with E-state index >= 15 is 0 Å². The van der Waals surface area contributed by atoms with Crippen LogP contribution in [0.1, 0.15) is 36.6 Å². The van der Waals surface area contributed by atoms with Crippen LogP contribution in [0.15, 0.2) is 85.5 Å². The van der Waals surface area contributed by atoms with Crippen molar-refractivity contribution >= 4 is 22.6 Å². The summed E-state index contributed by atoms with van der Waals surface area (Å²) in [4.78, 5) is 19.3. The smallest absolute Gasteiger partial charge is 0.227 e. The van der Waals surface area contributed by atoms with E-state index in [1.165, 1.54) is 6.07 Å². The summed E-state index contributed by atoms with van der Waals surface area (Å²) in [5, 5.41) is 0. The van der Waals surface area contributed by atoms with Gasteiger partial charge in [0.05, 0.1) is 23.3 Å². The number of benzene rings is 3. The highest BCUT2D eigenvalue weighted by Gasteiger charge is 2.35. The zero-order valence-corrected chi connectivity index (χ0v) is 20.3. The molecule has 1 fully saturated rings. The fourth-order valence-corrected chi connectivity index (χ4v) is 4.95. The van der Waals surface area contributed by atoms with Crippen molar-refractivity contribution < 1.29 is 13.9 Å². The van der Waals surface area contributed by atoms with Crippen molar-refractivity contribution in [2.45, 2.75) is 38.1 Å². The largest absolute Gasteiger partial charge is 0.493 e. The highest BCUT2D eigenvalue weighted by Crippen LogP contribution is 2.34. The van der Waals surface area contributed by atoms with Crippen molar-refractivity contribution in [1.82, 2.24) is 9.55 Å². The molecule has 5 rings (SSSR count). The number of amides is 1. The number of carbonyl (C=O) groups excluding carboxylic acids is 1. The molecule has 0 N–H and O–H groups in total. The minimum atomic E-state index is -0.380. The number of anilines is 1. The van der Waals surface area contributed by atoms with E-state index in [9.17, 15) is 9.18 Å². The molecule has 0 saturated carbocycles. The predicted octanol–water partition coefficient (Wildman–Crippen LogP) is 6.28. The van der Waals surface area contributed by atoms with E-state index in [1.54, 1.807) is 23.1 Å². The average Bonchev–Trinajstić information content (AvgIpc) is 3.45. The summed E-state index contributed by atoms with van der Waals surface area (Å²) in [5.74, 6) is 1.25. The van der Waals surface area contributed by atoms with Crippen molar-refractivity contribution in [3.05, 3.63) is 103 Å². The second-order valence-corrected chi connectivity index (χ2v) is 9.12. The van der Waals surface area contributed by atoms with Gasteiger partial charge in [0.15, 0.2) is 0 Å². The molecule has 0 bridgehead atoms. The number of nitrogens with zero attached hydrogens (tertiary/aromatic N) is 3. The second kappa shape index (κ2) is 10.8. The van der Waals surface area contributed by atoms with Crippen LogP contribution in [0.5, 0.6) is 5.75 Å². The van der Waals surface area contributed by atoms with Gasteiger partial charge in [0.1, 0.15) is 17.4 Å². The molecular weight excluding hydrogens is 453 g/mol. The fraction of sp³-hybridized carbons (Fsp3) is 0.267. The van der Waals surface area contributed by atoms with Crippen molar-refractivity contribution in [2.75, 3.05) is 18.1 Å². The van der Waals surface area contributed by atoms with E-state index in [1.807, 2.05) is 42.5 Å². The quantitative estimate of drug-likeness (QED) is 0.197. The summed E-state index contributed by atoms with van der Waals surface area (Å²) >= 11 is 0. The predicted molar refractivity (Wildman–Crippen MR) is 141 cm³/mol. The third-order valence-corrected chi connectivity index (χ3v) is 6.69. The lowest BCUT2D eigenvalue weighted by Crippen LogP contribution is -2.25. The van der Waals surface area contributed by atoms with Gasteiger partial charge in [-0.1, -0.05) is 48.5 Å². The number of aromatic nitrogens is 2. The van der Waals surface area contributed by atoms with Crippen LogP contribution in [0.2, 0.25) is 0 Å². The molecule has 4 aromatic rings. The molecule has 6 heteroatoms. The van der Waals surface area contributed by atoms with Gasteiger partial charge in [-0.2, -0.15) is 0 Å². The zero-order chi connectivity index (χ0) is 24.9. The molecule has 1 aliphatic rings. The molecule has 1 aromatic heterocycles. The number of unbranched alkanes of at least 4 members (excludes halogenated alkanes) is 1. The van der Waals surface area contributed by atoms with Crippen LogP contribution in [-0.4, -0.2) is 28.6 Å². The SMILES string of the molecule is C=CCc1ccccc1OCCCCn1c(C2CC(=O)N(c3ccccc3F)C2)nc2ccccc21. The van der Waals surface area contributed by atoms with Crippen molar-refractivity contribution in [3.8, 4) is 5.75 Å². The Morgan fingerprint density at radius 2 is 1.81 bits per heavy atom. The van der Waals surface area contributed by atoms with Crippen molar-refractivity contribution in [1.29, 1.82) is 0 Å². The molecule has 1 atom stereocenters. The van der Waals surface area contributed by atoms with Gasteiger partial charge in [0.25, 0.3) is 0 Å². The summed E-state index contributed by atoms with van der Waals surface area (Å²) in [5.41, 5.74) is 3.45. The maximum atomic E-state index is 14.4. The summed E-state index contributed by atoms with van der Waals surface area (Å²) in [7, 11) is 0. The Hall–Kier alpha value is -3.93. The molecule has 184 valence electrons. The normalized spacial score (nSPS) is 15.5. The van der Waals surface area contributed by atoms with Crippen LogP contribution >= 0.6 is 0 Å². The number of carbonyl (C=O) groups is 1. The first-order valence-corrected chi connectivity index (χ1v) is 12.5. The highest BCUT2D eigenvalue weighted by molar-refractivity contribution is 5.96. The summed E-state index contributed by atoms with van der Waals surface area (Å²) in [6.45, 7) is 5.65. The maximum absolute atomic E-state index is 14.4. The molecule has 3 aromatic carbocycles. The van der Waals surface area contributed by atoms with Crippen LogP contribution in [0.25, 0.3) is 11.0 Å². The van der Waals surface area contributed by atoms with E-state index in [0.29, 0.717) is 25.3 Å². The Morgan fingerprint density at radius 1 is 1.03 bits per heavy atom. The van der Waals surface area contributed by atoms with Crippen LogP contribution in [0, 0.1) is 5.82 Å². The molecule has 1 saturated heterocycles. The number of ether oxygens (including phenoxy) is 1. The molecule has 36 heavy (non-hydrogen) atoms. The van der Waals surface area contributed by atoms with Gasteiger partial charge in [0, 0.05) is 25.4 Å². The molecule has 1 amide bonds. The monoisotopic (exact) mass is 483 g/mol. The zero-order valence-electron chi connectivity index (χ0n) is 20.3. The summed E-state index contributed by atoms with van der Waals surface area (Å²) in [6.07, 6.45) is 4.79. The number of imidazole rings is 1. The molecule has 1 unspecified atom stereocenters. The fourth-order valence-electron chi connectivity index (χ4n) is 4.95. The minimum absolute atomic E-state index is 0.0738. The summed E-state index contributed by atoms with van der Waals surface area (Å²) < 4.78 is 22.7. The number of hydrogen-bond donors (Lipinski definition) is 0. The van der Waals surface area contributed by atoms with Crippen LogP contribution in [-0.2, 0) is 17.8 Å². The van der Waals surface area contributed by atoms with E-state index in [0.717, 1.165) is 54.0 Å². The molecule has 5 nitrogen and oxygen atoms in total. The number of allylic oxidation sites excluding steroid dienone is 1. The van der Waals surface area contributed by atoms with Crippen LogP contribution < -0.4 is 9.64 Å². The Kier molecular flexibility index (Phi) is 7.12. The van der Waals surface area contributed by atoms with Gasteiger partial charge in [-0.3, -0.25) is 4.79 Å². The number of aryl methyl sites for hydroxylation is 1. The van der Waals surface area contributed by atoms with Crippen molar-refractivity contribution in [3.63, 3.8) is 0 Å². The van der Waals surface area contributed by atoms with Crippen molar-refractivity contribution in [2.24, 2.45) is 0 Å². The molecule has 2 heterocycles. The lowest BCUT2D eigenvalue weighted by molar-refractivity contribution is -0.117. The van der Waals surface area contributed by atoms with Gasteiger partial charge in [-0.25, -0.2) is 9.37 Å². The third-order valence-electron chi connectivity index (χ3n) is 6.69. The second-order valence-electron chi connectivity index (χ2n) is 9.12. The third kappa shape index (κ3) is 4.89. The first-order valence-electron chi connectivity index (χ1n) is 12.5. The number of para-hydroxylation sites is 4. The number of rotatable bonds is 10. The van der Waals surface area contributed by atoms with Gasteiger partial charge < -0.3 is 14.2 Å². The van der Waals surface area contributed by atoms with Gasteiger partial charge >= 0.3 is 0 Å². The first-order chi connectivity index (χ1) is 17.7. The standard InChI is InChI=1S/C30H30FN3O2/c1-2-11-22-12-3-8-17-28(22)36-19-10-9-18-33-27-16-7-5-14-25(27)32-30(33)23-20-29(35)34(21-23)26-15-6-4-13-24(26)31/h2-8,12-17,23H,1,9-11,18-21H2. The van der Waals surface area contributed by atoms with Crippen LogP contribution in [0.4, 0.5) is 10.1 Å². The van der Waals surface area contributed by atoms with E-state index in [4.69, 9.17) is 9.72 Å². The van der Waals surface area contributed by atoms with Gasteiger partial charge in [-0.15, -0.1) is 6.58 Å². The molecule has 1 aliphatic heterocycles. The lowest BCUT2D eigenvalue weighted by atomic mass is 10.1. The Morgan fingerprint density at radius 3 is 2.67 bits per heavy atom. The molecule has 0 aliphatic carbocycles. The lowest BCUT2D eigenvalue weighted by Gasteiger charge is -2.18. The van der Waals surface area contributed by atoms with E-state index in [2.05, 4.69) is 23.3 Å². The van der Waals surface area contributed by atoms with Crippen LogP contribution in [0.3, 0.4) is 0 Å². The topological polar surface area (TPSA) is 47.4 Å². The van der Waals surface area contributed by atoms with Gasteiger partial charge in [0.2, 0.25) is 5.91 Å². The molecule has 0 spiro atoms. The Bertz CT molecular complexity index is 1380. The summed E-state index contributed by atoms with van der Waals surface area (Å²) in [6, 6.07) is 22.6. The Balaban J connectivity index is 1.29. The van der Waals surface area contributed by atoms with E-state index in [-0.39, 0.29) is 17.6 Å². The average molecular weight is 484 g/mol. The Labute approximate surface area is 210 Å². The molecular formula is C30H30FN3O2. The first kappa shape index (κ1) is 23.8.